The molecule has 0 heterocycles. The van der Waals surface area contributed by atoms with Crippen LogP contribution < -0.4 is 10.6 Å². The summed E-state index contributed by atoms with van der Waals surface area (Å²) in [5, 5.41) is 4.92. The summed E-state index contributed by atoms with van der Waals surface area (Å²) in [4.78, 5) is 30.5. The number of hydrogen-bond acceptors (Lipinski definition) is 4. The molecule has 2 amide bonds. The Balaban J connectivity index is 3.39. The first-order valence-corrected chi connectivity index (χ1v) is 6.10. The smallest absolute Gasteiger partial charge is 0.318 e. The second-order valence-electron chi connectivity index (χ2n) is 3.66. The predicted molar refractivity (Wildman–Crippen MR) is 63.4 cm³/mol. The number of nitrogens with one attached hydrogen (secondary N) is 2. The molecule has 0 aromatic carbocycles. The Hall–Kier alpha value is -1.46. The first kappa shape index (κ1) is 15.5. The highest BCUT2D eigenvalue weighted by atomic mass is 17.2. The molecular formula is C11H22N2O4. The lowest BCUT2D eigenvalue weighted by atomic mass is 10.2. The zero-order valence-electron chi connectivity index (χ0n) is 10.6. The van der Waals surface area contributed by atoms with Crippen molar-refractivity contribution in [3.05, 3.63) is 0 Å². The summed E-state index contributed by atoms with van der Waals surface area (Å²) in [6.07, 6.45) is 3.34. The molecule has 0 aliphatic carbocycles. The third-order valence-corrected chi connectivity index (χ3v) is 2.04. The zero-order valence-corrected chi connectivity index (χ0v) is 10.6. The standard InChI is InChI=1S/C11H22N2O4/c1-3-5-7-9-13-11(15)17-16-10(14)12-8-6-4-2/h3-9H2,1-2H3,(H,12,14)(H,13,15). The van der Waals surface area contributed by atoms with Gasteiger partial charge in [0.05, 0.1) is 0 Å². The van der Waals surface area contributed by atoms with Crippen molar-refractivity contribution in [2.45, 2.75) is 46.0 Å². The SMILES string of the molecule is CCCCCNC(=O)OOC(=O)NCCCC. The third-order valence-electron chi connectivity index (χ3n) is 2.04. The average molecular weight is 246 g/mol. The first-order chi connectivity index (χ1) is 8.20. The van der Waals surface area contributed by atoms with Crippen LogP contribution in [0.25, 0.3) is 0 Å². The molecule has 0 unspecified atom stereocenters. The molecule has 2 N–H and O–H groups in total. The highest BCUT2D eigenvalue weighted by Gasteiger charge is 2.07. The van der Waals surface area contributed by atoms with Crippen molar-refractivity contribution in [2.24, 2.45) is 0 Å². The van der Waals surface area contributed by atoms with Gasteiger partial charge in [-0.1, -0.05) is 33.1 Å². The lowest BCUT2D eigenvalue weighted by Gasteiger charge is -2.05. The number of carbonyl (C=O) groups excluding carboxylic acids is 2. The van der Waals surface area contributed by atoms with Gasteiger partial charge in [-0.25, -0.2) is 19.4 Å². The lowest BCUT2D eigenvalue weighted by Crippen LogP contribution is -2.30. The number of hydrogen-bond donors (Lipinski definition) is 2. The van der Waals surface area contributed by atoms with Crippen molar-refractivity contribution in [1.29, 1.82) is 0 Å². The molecule has 0 aromatic rings. The molecule has 0 bridgehead atoms. The second-order valence-corrected chi connectivity index (χ2v) is 3.66. The second kappa shape index (κ2) is 11.0. The number of amides is 2. The molecule has 0 spiro atoms. The van der Waals surface area contributed by atoms with Crippen molar-refractivity contribution >= 4 is 12.2 Å². The van der Waals surface area contributed by atoms with Crippen LogP contribution >= 0.6 is 0 Å². The summed E-state index contributed by atoms with van der Waals surface area (Å²) in [5.41, 5.74) is 0. The van der Waals surface area contributed by atoms with E-state index in [-0.39, 0.29) is 0 Å². The van der Waals surface area contributed by atoms with E-state index in [0.717, 1.165) is 32.1 Å². The quantitative estimate of drug-likeness (QED) is 0.410. The van der Waals surface area contributed by atoms with E-state index >= 15 is 0 Å². The molecule has 0 aliphatic heterocycles. The van der Waals surface area contributed by atoms with Gasteiger partial charge in [0.1, 0.15) is 0 Å². The largest absolute Gasteiger partial charge is 0.450 e. The van der Waals surface area contributed by atoms with Crippen LogP contribution in [-0.4, -0.2) is 25.3 Å². The molecular weight excluding hydrogens is 224 g/mol. The van der Waals surface area contributed by atoms with Crippen LogP contribution in [0.3, 0.4) is 0 Å². The highest BCUT2D eigenvalue weighted by molar-refractivity contribution is 5.70. The molecule has 0 aromatic heterocycles. The van der Waals surface area contributed by atoms with Gasteiger partial charge in [-0.3, -0.25) is 0 Å². The van der Waals surface area contributed by atoms with E-state index in [2.05, 4.69) is 27.3 Å². The Morgan fingerprint density at radius 2 is 1.29 bits per heavy atom. The van der Waals surface area contributed by atoms with Crippen molar-refractivity contribution < 1.29 is 19.4 Å². The summed E-state index contributed by atoms with van der Waals surface area (Å²) in [5.74, 6) is 0. The van der Waals surface area contributed by atoms with Gasteiger partial charge < -0.3 is 10.6 Å². The minimum atomic E-state index is -0.748. The van der Waals surface area contributed by atoms with E-state index in [9.17, 15) is 9.59 Å². The fourth-order valence-electron chi connectivity index (χ4n) is 1.07. The Labute approximate surface area is 102 Å². The Bertz CT molecular complexity index is 222. The number of unbranched alkanes of at least 4 members (excludes halogenated alkanes) is 3. The average Bonchev–Trinajstić information content (AvgIpc) is 2.32. The van der Waals surface area contributed by atoms with Crippen molar-refractivity contribution in [2.75, 3.05) is 13.1 Å². The summed E-state index contributed by atoms with van der Waals surface area (Å²) in [6, 6.07) is 0. The molecule has 6 nitrogen and oxygen atoms in total. The fourth-order valence-corrected chi connectivity index (χ4v) is 1.07. The van der Waals surface area contributed by atoms with E-state index in [0.29, 0.717) is 13.1 Å². The fraction of sp³-hybridized carbons (Fsp3) is 0.818. The maximum Gasteiger partial charge on any atom is 0.450 e. The number of carbonyl (C=O) groups is 2. The van der Waals surface area contributed by atoms with E-state index in [1.54, 1.807) is 0 Å². The van der Waals surface area contributed by atoms with E-state index < -0.39 is 12.2 Å². The molecule has 6 heteroatoms. The lowest BCUT2D eigenvalue weighted by molar-refractivity contribution is -0.178. The molecule has 0 rings (SSSR count). The van der Waals surface area contributed by atoms with Gasteiger partial charge in [-0.15, -0.1) is 0 Å². The monoisotopic (exact) mass is 246 g/mol. The highest BCUT2D eigenvalue weighted by Crippen LogP contribution is 1.92. The molecule has 0 saturated carbocycles. The van der Waals surface area contributed by atoms with Crippen LogP contribution in [-0.2, 0) is 9.78 Å². The van der Waals surface area contributed by atoms with Crippen molar-refractivity contribution in [3.63, 3.8) is 0 Å². The molecule has 0 radical (unpaired) electrons. The summed E-state index contributed by atoms with van der Waals surface area (Å²) >= 11 is 0. The summed E-state index contributed by atoms with van der Waals surface area (Å²) in [6.45, 7) is 5.11. The predicted octanol–water partition coefficient (Wildman–Crippen LogP) is 2.34. The van der Waals surface area contributed by atoms with Gasteiger partial charge in [0.15, 0.2) is 0 Å². The van der Waals surface area contributed by atoms with Crippen LogP contribution in [0, 0.1) is 0 Å². The minimum Gasteiger partial charge on any atom is -0.318 e. The van der Waals surface area contributed by atoms with Crippen LogP contribution in [0.1, 0.15) is 46.0 Å². The first-order valence-electron chi connectivity index (χ1n) is 6.10. The molecule has 100 valence electrons. The van der Waals surface area contributed by atoms with E-state index in [1.807, 2.05) is 6.92 Å². The maximum atomic E-state index is 11.0. The minimum absolute atomic E-state index is 0.511. The summed E-state index contributed by atoms with van der Waals surface area (Å²) < 4.78 is 0. The Morgan fingerprint density at radius 3 is 1.76 bits per heavy atom. The Morgan fingerprint density at radius 1 is 0.824 bits per heavy atom. The van der Waals surface area contributed by atoms with Crippen LogP contribution in [0.4, 0.5) is 9.59 Å². The third kappa shape index (κ3) is 10.8. The molecule has 0 aliphatic rings. The van der Waals surface area contributed by atoms with Gasteiger partial charge >= 0.3 is 12.2 Å². The van der Waals surface area contributed by atoms with Gasteiger partial charge in [0.2, 0.25) is 0 Å². The Kier molecular flexibility index (Phi) is 10.1. The van der Waals surface area contributed by atoms with Gasteiger partial charge in [0.25, 0.3) is 0 Å². The van der Waals surface area contributed by atoms with Crippen molar-refractivity contribution in [1.82, 2.24) is 10.6 Å². The zero-order chi connectivity index (χ0) is 12.9. The van der Waals surface area contributed by atoms with Crippen molar-refractivity contribution in [3.8, 4) is 0 Å². The van der Waals surface area contributed by atoms with Crippen LogP contribution in [0.2, 0.25) is 0 Å². The molecule has 0 fully saturated rings. The normalized spacial score (nSPS) is 9.53. The van der Waals surface area contributed by atoms with Gasteiger partial charge in [-0.2, -0.15) is 0 Å². The molecule has 17 heavy (non-hydrogen) atoms. The van der Waals surface area contributed by atoms with E-state index in [1.165, 1.54) is 0 Å². The van der Waals surface area contributed by atoms with Crippen LogP contribution in [0.5, 0.6) is 0 Å². The van der Waals surface area contributed by atoms with E-state index in [4.69, 9.17) is 0 Å². The van der Waals surface area contributed by atoms with Gasteiger partial charge in [0, 0.05) is 13.1 Å². The van der Waals surface area contributed by atoms with Crippen LogP contribution in [0.15, 0.2) is 0 Å². The topological polar surface area (TPSA) is 76.7 Å². The summed E-state index contributed by atoms with van der Waals surface area (Å²) in [7, 11) is 0. The number of rotatable bonds is 7. The molecule has 0 saturated heterocycles. The van der Waals surface area contributed by atoms with Gasteiger partial charge in [-0.05, 0) is 12.8 Å². The molecule has 0 atom stereocenters. The maximum absolute atomic E-state index is 11.0.